The van der Waals surface area contributed by atoms with Gasteiger partial charge >= 0.3 is 6.09 Å². The third-order valence-corrected chi connectivity index (χ3v) is 6.52. The van der Waals surface area contributed by atoms with E-state index in [1.165, 1.54) is 0 Å². The van der Waals surface area contributed by atoms with Crippen molar-refractivity contribution in [1.29, 1.82) is 0 Å². The molecule has 4 aromatic rings. The number of fused-ring (bicyclic) bond motifs is 1. The lowest BCUT2D eigenvalue weighted by Crippen LogP contribution is -2.35. The summed E-state index contributed by atoms with van der Waals surface area (Å²) in [5, 5.41) is 0. The molecule has 5 rings (SSSR count). The van der Waals surface area contributed by atoms with Crippen LogP contribution in [0, 0.1) is 0 Å². The summed E-state index contributed by atoms with van der Waals surface area (Å²) < 4.78 is 18.8. The highest BCUT2D eigenvalue weighted by Crippen LogP contribution is 2.35. The second kappa shape index (κ2) is 10.0. The van der Waals surface area contributed by atoms with Gasteiger partial charge in [-0.25, -0.2) is 9.78 Å². The number of rotatable bonds is 8. The van der Waals surface area contributed by atoms with Gasteiger partial charge in [-0.05, 0) is 38.1 Å². The molecule has 0 N–H and O–H groups in total. The molecule has 1 atom stereocenters. The van der Waals surface area contributed by atoms with Gasteiger partial charge in [0.1, 0.15) is 17.6 Å². The van der Waals surface area contributed by atoms with Crippen LogP contribution in [0.5, 0.6) is 11.5 Å². The van der Waals surface area contributed by atoms with Crippen molar-refractivity contribution in [3.8, 4) is 22.8 Å². The van der Waals surface area contributed by atoms with E-state index in [0.717, 1.165) is 33.7 Å². The van der Waals surface area contributed by atoms with Gasteiger partial charge < -0.3 is 28.6 Å². The molecule has 1 aliphatic rings. The maximum atomic E-state index is 12.5. The summed E-state index contributed by atoms with van der Waals surface area (Å²) in [6.45, 7) is 4.93. The Kier molecular flexibility index (Phi) is 6.60. The zero-order valence-electron chi connectivity index (χ0n) is 21.7. The lowest BCUT2D eigenvalue weighted by Gasteiger charge is -2.28. The molecule has 1 saturated heterocycles. The Balaban J connectivity index is 1.56. The third kappa shape index (κ3) is 5.02. The topological polar surface area (TPSA) is 82.0 Å². The van der Waals surface area contributed by atoms with E-state index < -0.39 is 0 Å². The minimum absolute atomic E-state index is 0.0650. The highest BCUT2D eigenvalue weighted by molar-refractivity contribution is 5.83. The summed E-state index contributed by atoms with van der Waals surface area (Å²) in [6, 6.07) is 13.8. The van der Waals surface area contributed by atoms with Gasteiger partial charge in [0, 0.05) is 60.6 Å². The summed E-state index contributed by atoms with van der Waals surface area (Å²) in [5.41, 5.74) is 5.11. The van der Waals surface area contributed by atoms with Crippen molar-refractivity contribution in [2.24, 2.45) is 7.05 Å². The molecule has 0 aliphatic carbocycles. The molecule has 0 spiro atoms. The molecule has 0 radical (unpaired) electrons. The predicted molar refractivity (Wildman–Crippen MR) is 143 cm³/mol. The van der Waals surface area contributed by atoms with E-state index in [4.69, 9.17) is 19.2 Å². The molecule has 9 heteroatoms. The molecule has 1 fully saturated rings. The summed E-state index contributed by atoms with van der Waals surface area (Å²) >= 11 is 0. The minimum atomic E-state index is -0.315. The van der Waals surface area contributed by atoms with Crippen LogP contribution in [0.15, 0.2) is 61.1 Å². The molecule has 1 aliphatic heterocycles. The van der Waals surface area contributed by atoms with Gasteiger partial charge in [-0.3, -0.25) is 4.98 Å². The average molecular weight is 502 g/mol. The number of carbonyl (C=O) groups excluding carboxylic acids is 1. The molecule has 1 amide bonds. The minimum Gasteiger partial charge on any atom is -0.497 e. The summed E-state index contributed by atoms with van der Waals surface area (Å²) in [7, 11) is 5.23. The monoisotopic (exact) mass is 501 g/mol. The lowest BCUT2D eigenvalue weighted by atomic mass is 10.1. The van der Waals surface area contributed by atoms with Crippen molar-refractivity contribution < 1.29 is 19.0 Å². The van der Waals surface area contributed by atoms with Crippen molar-refractivity contribution in [3.05, 3.63) is 61.1 Å². The standard InChI is InChI=1S/C28H31N5O4/c1-18(2)32-16-24(37-28(32)34)17-33(21-10-22(35-4)13-23(11-21)36-5)20-6-7-25-26(12-20)30-27(14-29-25)19-8-9-31(3)15-19/h6-15,18,24H,16-17H2,1-5H3. The largest absolute Gasteiger partial charge is 0.497 e. The van der Waals surface area contributed by atoms with Crippen molar-refractivity contribution >= 4 is 28.5 Å². The Hall–Kier alpha value is -4.27. The van der Waals surface area contributed by atoms with Gasteiger partial charge in [0.25, 0.3) is 0 Å². The molecule has 0 bridgehead atoms. The Bertz CT molecular complexity index is 1410. The van der Waals surface area contributed by atoms with Gasteiger partial charge in [-0.15, -0.1) is 0 Å². The predicted octanol–water partition coefficient (Wildman–Crippen LogP) is 5.02. The number of anilines is 2. The second-order valence-electron chi connectivity index (χ2n) is 9.43. The number of carbonyl (C=O) groups is 1. The highest BCUT2D eigenvalue weighted by atomic mass is 16.6. The quantitative estimate of drug-likeness (QED) is 0.335. The number of benzene rings is 2. The normalized spacial score (nSPS) is 15.4. The number of aromatic nitrogens is 3. The fraction of sp³-hybridized carbons (Fsp3) is 0.321. The SMILES string of the molecule is COc1cc(OC)cc(N(CC2CN(C(C)C)C(=O)O2)c2ccc3ncc(-c4ccn(C)c4)nc3c2)c1. The molecule has 37 heavy (non-hydrogen) atoms. The van der Waals surface area contributed by atoms with Crippen LogP contribution in [0.2, 0.25) is 0 Å². The van der Waals surface area contributed by atoms with Gasteiger partial charge in [-0.2, -0.15) is 0 Å². The zero-order valence-corrected chi connectivity index (χ0v) is 21.7. The fourth-order valence-electron chi connectivity index (χ4n) is 4.53. The zero-order chi connectivity index (χ0) is 26.1. The van der Waals surface area contributed by atoms with Crippen molar-refractivity contribution in [3.63, 3.8) is 0 Å². The number of nitrogens with zero attached hydrogens (tertiary/aromatic N) is 5. The number of aryl methyl sites for hydroxylation is 1. The Morgan fingerprint density at radius 1 is 1.05 bits per heavy atom. The van der Waals surface area contributed by atoms with E-state index in [0.29, 0.717) is 24.6 Å². The number of hydrogen-bond donors (Lipinski definition) is 0. The molecule has 3 heterocycles. The first-order valence-electron chi connectivity index (χ1n) is 12.2. The van der Waals surface area contributed by atoms with Crippen molar-refractivity contribution in [1.82, 2.24) is 19.4 Å². The maximum absolute atomic E-state index is 12.5. The van der Waals surface area contributed by atoms with Crippen LogP contribution in [0.1, 0.15) is 13.8 Å². The van der Waals surface area contributed by atoms with Crippen LogP contribution in [0.25, 0.3) is 22.3 Å². The maximum Gasteiger partial charge on any atom is 0.410 e. The molecule has 1 unspecified atom stereocenters. The van der Waals surface area contributed by atoms with Crippen LogP contribution in [0.3, 0.4) is 0 Å². The molecule has 2 aromatic heterocycles. The van der Waals surface area contributed by atoms with E-state index in [9.17, 15) is 4.79 Å². The van der Waals surface area contributed by atoms with Crippen LogP contribution in [-0.2, 0) is 11.8 Å². The van der Waals surface area contributed by atoms with Crippen LogP contribution < -0.4 is 14.4 Å². The summed E-state index contributed by atoms with van der Waals surface area (Å²) in [6.07, 6.45) is 5.19. The Labute approximate surface area is 216 Å². The molecular formula is C28H31N5O4. The number of hydrogen-bond acceptors (Lipinski definition) is 7. The third-order valence-electron chi connectivity index (χ3n) is 6.52. The fourth-order valence-corrected chi connectivity index (χ4v) is 4.53. The first kappa shape index (κ1) is 24.4. The van der Waals surface area contributed by atoms with Crippen molar-refractivity contribution in [2.75, 3.05) is 32.2 Å². The van der Waals surface area contributed by atoms with Crippen LogP contribution in [0.4, 0.5) is 16.2 Å². The Morgan fingerprint density at radius 2 is 1.81 bits per heavy atom. The highest BCUT2D eigenvalue weighted by Gasteiger charge is 2.34. The number of methoxy groups -OCH3 is 2. The van der Waals surface area contributed by atoms with Crippen LogP contribution >= 0.6 is 0 Å². The van der Waals surface area contributed by atoms with E-state index in [2.05, 4.69) is 9.88 Å². The van der Waals surface area contributed by atoms with E-state index >= 15 is 0 Å². The molecule has 0 saturated carbocycles. The number of cyclic esters (lactones) is 1. The van der Waals surface area contributed by atoms with E-state index in [1.54, 1.807) is 25.3 Å². The van der Waals surface area contributed by atoms with Crippen molar-refractivity contribution in [2.45, 2.75) is 26.0 Å². The molecule has 2 aromatic carbocycles. The van der Waals surface area contributed by atoms with Gasteiger partial charge in [-0.1, -0.05) is 0 Å². The number of ether oxygens (including phenoxy) is 3. The van der Waals surface area contributed by atoms with E-state index in [-0.39, 0.29) is 18.2 Å². The van der Waals surface area contributed by atoms with Gasteiger partial charge in [0.05, 0.1) is 50.2 Å². The first-order valence-corrected chi connectivity index (χ1v) is 12.2. The van der Waals surface area contributed by atoms with Gasteiger partial charge in [0.2, 0.25) is 0 Å². The molecule has 192 valence electrons. The molecule has 9 nitrogen and oxygen atoms in total. The molecular weight excluding hydrogens is 470 g/mol. The van der Waals surface area contributed by atoms with Crippen LogP contribution in [-0.4, -0.2) is 65.0 Å². The second-order valence-corrected chi connectivity index (χ2v) is 9.43. The summed E-state index contributed by atoms with van der Waals surface area (Å²) in [5.74, 6) is 1.33. The Morgan fingerprint density at radius 3 is 2.43 bits per heavy atom. The van der Waals surface area contributed by atoms with E-state index in [1.807, 2.05) is 80.3 Å². The smallest absolute Gasteiger partial charge is 0.410 e. The lowest BCUT2D eigenvalue weighted by molar-refractivity contribution is 0.132. The first-order chi connectivity index (χ1) is 17.8. The summed E-state index contributed by atoms with van der Waals surface area (Å²) in [4.78, 5) is 25.8. The average Bonchev–Trinajstić information content (AvgIpc) is 3.51. The van der Waals surface area contributed by atoms with Gasteiger partial charge in [0.15, 0.2) is 0 Å². The number of amides is 1.